The molecule has 1 N–H and O–H groups in total. The number of rotatable bonds is 12. The van der Waals surface area contributed by atoms with Crippen LogP contribution in [-0.4, -0.2) is 56.1 Å². The number of hydrogen-bond donors (Lipinski definition) is 1. The molecule has 2 unspecified atom stereocenters. The van der Waals surface area contributed by atoms with Crippen LogP contribution in [0.2, 0.25) is 0 Å². The second-order valence-corrected chi connectivity index (χ2v) is 9.85. The van der Waals surface area contributed by atoms with E-state index in [0.717, 1.165) is 52.5 Å². The fourth-order valence-corrected chi connectivity index (χ4v) is 5.12. The zero-order valence-corrected chi connectivity index (χ0v) is 22.7. The molecule has 4 rings (SSSR count). The Hall–Kier alpha value is -3.74. The Bertz CT molecular complexity index is 1340. The Balaban J connectivity index is 1.92. The normalized spacial score (nSPS) is 14.1. The first kappa shape index (κ1) is 27.3. The number of pyridine rings is 1. The van der Waals surface area contributed by atoms with Gasteiger partial charge in [-0.25, -0.2) is 4.98 Å². The Morgan fingerprint density at radius 1 is 0.947 bits per heavy atom. The first-order chi connectivity index (χ1) is 18.5. The van der Waals surface area contributed by atoms with E-state index in [1.807, 2.05) is 66.7 Å². The summed E-state index contributed by atoms with van der Waals surface area (Å²) in [6, 6.07) is 28.2. The molecule has 0 radical (unpaired) electrons. The molecule has 0 bridgehead atoms. The quantitative estimate of drug-likeness (QED) is 0.144. The highest BCUT2D eigenvalue weighted by molar-refractivity contribution is 5.89. The molecular formula is C32H37N3O3. The van der Waals surface area contributed by atoms with E-state index in [1.165, 1.54) is 7.11 Å². The van der Waals surface area contributed by atoms with Gasteiger partial charge in [-0.1, -0.05) is 71.9 Å². The van der Waals surface area contributed by atoms with Crippen molar-refractivity contribution in [3.05, 3.63) is 107 Å². The Labute approximate surface area is 225 Å². The van der Waals surface area contributed by atoms with Crippen LogP contribution in [0.5, 0.6) is 5.88 Å². The molecule has 38 heavy (non-hydrogen) atoms. The smallest absolute Gasteiger partial charge is 0.217 e. The summed E-state index contributed by atoms with van der Waals surface area (Å²) in [5, 5.41) is 17.6. The average molecular weight is 512 g/mol. The molecule has 6 heteroatoms. The average Bonchev–Trinajstić information content (AvgIpc) is 2.95. The first-order valence-corrected chi connectivity index (χ1v) is 13.0. The van der Waals surface area contributed by atoms with Gasteiger partial charge in [0.1, 0.15) is 12.7 Å². The highest BCUT2D eigenvalue weighted by atomic mass is 16.6. The molecule has 0 saturated carbocycles. The van der Waals surface area contributed by atoms with E-state index < -0.39 is 11.5 Å². The number of fused-ring (bicyclic) bond motifs is 1. The molecule has 3 aromatic carbocycles. The number of nitrogens with zero attached hydrogens (tertiary/aromatic N) is 3. The van der Waals surface area contributed by atoms with Crippen LogP contribution < -0.4 is 4.74 Å². The highest BCUT2D eigenvalue weighted by Crippen LogP contribution is 2.48. The van der Waals surface area contributed by atoms with Crippen LogP contribution in [0, 0.1) is 0 Å². The molecule has 0 amide bonds. The lowest BCUT2D eigenvalue weighted by Gasteiger charge is -2.38. The highest BCUT2D eigenvalue weighted by Gasteiger charge is 2.42. The molecule has 4 aromatic rings. The van der Waals surface area contributed by atoms with Crippen LogP contribution in [0.3, 0.4) is 0 Å². The minimum atomic E-state index is -1.19. The zero-order valence-electron chi connectivity index (χ0n) is 22.7. The van der Waals surface area contributed by atoms with E-state index in [-0.39, 0.29) is 0 Å². The van der Waals surface area contributed by atoms with Gasteiger partial charge >= 0.3 is 0 Å². The number of ether oxygens (including phenoxy) is 1. The summed E-state index contributed by atoms with van der Waals surface area (Å²) < 4.78 is 5.86. The first-order valence-electron chi connectivity index (χ1n) is 13.0. The number of oxime groups is 1. The van der Waals surface area contributed by atoms with Crippen molar-refractivity contribution >= 4 is 17.1 Å². The predicted octanol–water partition coefficient (Wildman–Crippen LogP) is 5.98. The molecule has 0 fully saturated rings. The third-order valence-electron chi connectivity index (χ3n) is 6.94. The summed E-state index contributed by atoms with van der Waals surface area (Å²) in [5.74, 6) is 0.0981. The molecule has 0 spiro atoms. The van der Waals surface area contributed by atoms with Gasteiger partial charge in [0.05, 0.1) is 18.8 Å². The van der Waals surface area contributed by atoms with Crippen LogP contribution in [-0.2, 0) is 10.4 Å². The standard InChI is InChI=1S/C32H37N3O3/c1-35(2)20-12-11-19-32(36,27-15-9-6-10-16-27)30(25-13-7-5-8-14-25)28-22-26-21-24(23-33-38-4)17-18-29(26)34-31(28)37-3/h5-10,13-18,21-23,30,36H,11-12,19-20H2,1-4H3/b33-23+. The van der Waals surface area contributed by atoms with Crippen LogP contribution >= 0.6 is 0 Å². The number of unbranched alkanes of at least 4 members (excludes halogenated alkanes) is 1. The van der Waals surface area contributed by atoms with Crippen molar-refractivity contribution in [3.8, 4) is 5.88 Å². The van der Waals surface area contributed by atoms with E-state index in [1.54, 1.807) is 13.3 Å². The van der Waals surface area contributed by atoms with Crippen LogP contribution in [0.4, 0.5) is 0 Å². The van der Waals surface area contributed by atoms with E-state index in [9.17, 15) is 5.11 Å². The number of aromatic nitrogens is 1. The fraction of sp³-hybridized carbons (Fsp3) is 0.312. The molecule has 0 aliphatic rings. The molecule has 0 saturated heterocycles. The summed E-state index contributed by atoms with van der Waals surface area (Å²) in [7, 11) is 7.31. The summed E-state index contributed by atoms with van der Waals surface area (Å²) in [4.78, 5) is 11.9. The molecule has 1 heterocycles. The Morgan fingerprint density at radius 2 is 1.66 bits per heavy atom. The van der Waals surface area contributed by atoms with Gasteiger partial charge in [0.15, 0.2) is 0 Å². The van der Waals surface area contributed by atoms with Gasteiger partial charge in [0, 0.05) is 16.9 Å². The monoisotopic (exact) mass is 511 g/mol. The van der Waals surface area contributed by atoms with E-state index >= 15 is 0 Å². The molecule has 198 valence electrons. The number of benzene rings is 3. The number of aliphatic hydroxyl groups is 1. The van der Waals surface area contributed by atoms with Crippen LogP contribution in [0.15, 0.2) is 90.1 Å². The molecule has 6 nitrogen and oxygen atoms in total. The Morgan fingerprint density at radius 3 is 2.32 bits per heavy atom. The molecule has 1 aromatic heterocycles. The summed E-state index contributed by atoms with van der Waals surface area (Å²) in [6.45, 7) is 0.966. The van der Waals surface area contributed by atoms with Gasteiger partial charge in [-0.15, -0.1) is 0 Å². The second-order valence-electron chi connectivity index (χ2n) is 9.85. The van der Waals surface area contributed by atoms with Gasteiger partial charge in [-0.05, 0) is 74.8 Å². The lowest BCUT2D eigenvalue weighted by atomic mass is 9.71. The lowest BCUT2D eigenvalue weighted by Crippen LogP contribution is -2.35. The maximum Gasteiger partial charge on any atom is 0.217 e. The molecule has 0 aliphatic carbocycles. The van der Waals surface area contributed by atoms with Crippen molar-refractivity contribution in [2.45, 2.75) is 30.8 Å². The van der Waals surface area contributed by atoms with Crippen molar-refractivity contribution in [1.82, 2.24) is 9.88 Å². The van der Waals surface area contributed by atoms with Gasteiger partial charge in [-0.2, -0.15) is 0 Å². The second kappa shape index (κ2) is 12.7. The van der Waals surface area contributed by atoms with Gasteiger partial charge in [0.25, 0.3) is 0 Å². The molecular weight excluding hydrogens is 474 g/mol. The SMILES string of the molecule is CO/N=C/c1ccc2nc(OC)c(C(c3ccccc3)C(O)(CCCCN(C)C)c3ccccc3)cc2c1. The maximum absolute atomic E-state index is 12.7. The molecule has 2 atom stereocenters. The van der Waals surface area contributed by atoms with Gasteiger partial charge in [-0.3, -0.25) is 0 Å². The van der Waals surface area contributed by atoms with Gasteiger partial charge in [0.2, 0.25) is 5.88 Å². The van der Waals surface area contributed by atoms with E-state index in [4.69, 9.17) is 14.6 Å². The minimum Gasteiger partial charge on any atom is -0.481 e. The third kappa shape index (κ3) is 6.21. The van der Waals surface area contributed by atoms with E-state index in [0.29, 0.717) is 12.3 Å². The van der Waals surface area contributed by atoms with Crippen LogP contribution in [0.25, 0.3) is 10.9 Å². The van der Waals surface area contributed by atoms with Crippen molar-refractivity contribution in [3.63, 3.8) is 0 Å². The molecule has 0 aliphatic heterocycles. The van der Waals surface area contributed by atoms with Crippen molar-refractivity contribution < 1.29 is 14.7 Å². The largest absolute Gasteiger partial charge is 0.481 e. The zero-order chi connectivity index (χ0) is 27.0. The van der Waals surface area contributed by atoms with Crippen LogP contribution in [0.1, 0.15) is 47.4 Å². The number of hydrogen-bond acceptors (Lipinski definition) is 6. The summed E-state index contributed by atoms with van der Waals surface area (Å²) >= 11 is 0. The maximum atomic E-state index is 12.7. The van der Waals surface area contributed by atoms with E-state index in [2.05, 4.69) is 42.4 Å². The third-order valence-corrected chi connectivity index (χ3v) is 6.94. The summed E-state index contributed by atoms with van der Waals surface area (Å²) in [5.41, 5.74) is 3.24. The topological polar surface area (TPSA) is 67.2 Å². The van der Waals surface area contributed by atoms with Crippen molar-refractivity contribution in [2.24, 2.45) is 5.16 Å². The van der Waals surface area contributed by atoms with Crippen molar-refractivity contribution in [2.75, 3.05) is 34.9 Å². The summed E-state index contributed by atoms with van der Waals surface area (Å²) in [6.07, 6.45) is 4.11. The lowest BCUT2D eigenvalue weighted by molar-refractivity contribution is 0.00678. The van der Waals surface area contributed by atoms with Crippen molar-refractivity contribution in [1.29, 1.82) is 0 Å². The predicted molar refractivity (Wildman–Crippen MR) is 154 cm³/mol. The van der Waals surface area contributed by atoms with Gasteiger partial charge < -0.3 is 19.6 Å². The number of methoxy groups -OCH3 is 1. The minimum absolute atomic E-state index is 0.409. The Kier molecular flexibility index (Phi) is 9.10. The fourth-order valence-electron chi connectivity index (χ4n) is 5.12.